The first-order valence-electron chi connectivity index (χ1n) is 8.73. The van der Waals surface area contributed by atoms with Crippen molar-refractivity contribution in [2.45, 2.75) is 38.5 Å². The molecule has 0 spiro atoms. The highest BCUT2D eigenvalue weighted by molar-refractivity contribution is 6.37. The summed E-state index contributed by atoms with van der Waals surface area (Å²) in [6.07, 6.45) is 3.47. The van der Waals surface area contributed by atoms with Crippen molar-refractivity contribution in [2.24, 2.45) is 11.7 Å². The van der Waals surface area contributed by atoms with Crippen LogP contribution in [0.25, 0.3) is 0 Å². The van der Waals surface area contributed by atoms with Gasteiger partial charge in [-0.05, 0) is 36.5 Å². The van der Waals surface area contributed by atoms with Gasteiger partial charge in [0.1, 0.15) is 18.6 Å². The molecule has 0 unspecified atom stereocenters. The van der Waals surface area contributed by atoms with E-state index >= 15 is 0 Å². The smallest absolute Gasteiger partial charge is 0.307 e. The quantitative estimate of drug-likeness (QED) is 0.243. The number of carbonyl (C=O) groups excluding carboxylic acids is 2. The first-order chi connectivity index (χ1) is 12.5. The topological polar surface area (TPSA) is 90.7 Å². The molecule has 2 atom stereocenters. The number of hydrogen-bond donors (Lipinski definition) is 2. The van der Waals surface area contributed by atoms with E-state index in [9.17, 15) is 9.59 Å². The van der Waals surface area contributed by atoms with Gasteiger partial charge in [-0.25, -0.2) is 0 Å². The summed E-state index contributed by atoms with van der Waals surface area (Å²) >= 11 is 0. The van der Waals surface area contributed by atoms with Crippen molar-refractivity contribution in [1.29, 1.82) is 0 Å². The van der Waals surface area contributed by atoms with E-state index in [0.717, 1.165) is 17.6 Å². The highest BCUT2D eigenvalue weighted by Crippen LogP contribution is 2.18. The molecule has 7 heteroatoms. The van der Waals surface area contributed by atoms with E-state index in [1.165, 1.54) is 7.48 Å². The molecule has 141 valence electrons. The molecule has 1 aromatic rings. The van der Waals surface area contributed by atoms with Gasteiger partial charge in [-0.1, -0.05) is 38.6 Å². The van der Waals surface area contributed by atoms with Crippen molar-refractivity contribution in [3.8, 4) is 5.75 Å². The van der Waals surface area contributed by atoms with Crippen LogP contribution in [0.2, 0.25) is 5.82 Å². The van der Waals surface area contributed by atoms with E-state index in [0.29, 0.717) is 25.4 Å². The number of nitrogens with one attached hydrogen (secondary N) is 1. The number of carbonyl (C=O) groups is 2. The fourth-order valence-electron chi connectivity index (χ4n) is 2.45. The van der Waals surface area contributed by atoms with Crippen LogP contribution < -0.4 is 15.8 Å². The summed E-state index contributed by atoms with van der Waals surface area (Å²) < 4.78 is 10.6. The molecular weight excluding hydrogens is 331 g/mol. The SMILES string of the molecule is C=CCOc1ccc(C[C@H]([B]OCN)C(=O)N[C@H](C=O)CC(C)C)cc1. The van der Waals surface area contributed by atoms with Crippen LogP contribution in [0.3, 0.4) is 0 Å². The molecular formula is C19H28BN2O4. The van der Waals surface area contributed by atoms with Gasteiger partial charge in [-0.3, -0.25) is 4.79 Å². The lowest BCUT2D eigenvalue weighted by Gasteiger charge is -2.20. The van der Waals surface area contributed by atoms with Crippen molar-refractivity contribution in [2.75, 3.05) is 13.3 Å². The van der Waals surface area contributed by atoms with E-state index in [-0.39, 0.29) is 12.6 Å². The predicted octanol–water partition coefficient (Wildman–Crippen LogP) is 1.86. The Morgan fingerprint density at radius 3 is 2.58 bits per heavy atom. The summed E-state index contributed by atoms with van der Waals surface area (Å²) in [7, 11) is 1.43. The number of ether oxygens (including phenoxy) is 1. The largest absolute Gasteiger partial charge is 0.490 e. The third-order valence-electron chi connectivity index (χ3n) is 3.66. The van der Waals surface area contributed by atoms with Gasteiger partial charge in [0, 0.05) is 5.82 Å². The van der Waals surface area contributed by atoms with Crippen LogP contribution in [0, 0.1) is 5.92 Å². The highest BCUT2D eigenvalue weighted by atomic mass is 16.5. The average Bonchev–Trinajstić information content (AvgIpc) is 2.63. The zero-order chi connectivity index (χ0) is 19.4. The minimum Gasteiger partial charge on any atom is -0.490 e. The van der Waals surface area contributed by atoms with Gasteiger partial charge in [-0.15, -0.1) is 0 Å². The van der Waals surface area contributed by atoms with E-state index in [2.05, 4.69) is 11.9 Å². The lowest BCUT2D eigenvalue weighted by Crippen LogP contribution is -2.41. The van der Waals surface area contributed by atoms with Gasteiger partial charge in [0.05, 0.1) is 12.8 Å². The molecule has 0 saturated heterocycles. The fraction of sp³-hybridized carbons (Fsp3) is 0.474. The van der Waals surface area contributed by atoms with Crippen molar-refractivity contribution >= 4 is 19.7 Å². The first kappa shape index (κ1) is 21.9. The Labute approximate surface area is 156 Å². The molecule has 0 aromatic heterocycles. The molecule has 1 radical (unpaired) electrons. The Kier molecular flexibility index (Phi) is 10.3. The summed E-state index contributed by atoms with van der Waals surface area (Å²) in [6.45, 7) is 8.03. The zero-order valence-corrected chi connectivity index (χ0v) is 15.5. The normalized spacial score (nSPS) is 12.9. The summed E-state index contributed by atoms with van der Waals surface area (Å²) in [6, 6.07) is 6.95. The highest BCUT2D eigenvalue weighted by Gasteiger charge is 2.24. The molecule has 6 nitrogen and oxygen atoms in total. The Morgan fingerprint density at radius 2 is 2.04 bits per heavy atom. The second kappa shape index (κ2) is 12.3. The van der Waals surface area contributed by atoms with E-state index in [1.54, 1.807) is 6.08 Å². The lowest BCUT2D eigenvalue weighted by molar-refractivity contribution is -0.124. The Balaban J connectivity index is 2.73. The standard InChI is InChI=1S/C19H28BN2O4/c1-4-9-25-17-7-5-15(6-8-17)11-18(20-26-13-21)19(24)22-16(12-23)10-14(2)3/h4-8,12,14,16,18H,1,9-11,13,21H2,2-3H3,(H,22,24)/t16-,18-/m0/s1. The number of aldehydes is 1. The maximum absolute atomic E-state index is 12.6. The van der Waals surface area contributed by atoms with Gasteiger partial charge in [0.2, 0.25) is 5.91 Å². The molecule has 0 bridgehead atoms. The van der Waals surface area contributed by atoms with Crippen LogP contribution in [0.4, 0.5) is 0 Å². The molecule has 0 aliphatic carbocycles. The monoisotopic (exact) mass is 359 g/mol. The number of nitrogens with two attached hydrogens (primary N) is 1. The summed E-state index contributed by atoms with van der Waals surface area (Å²) in [4.78, 5) is 23.8. The summed E-state index contributed by atoms with van der Waals surface area (Å²) in [5, 5.41) is 2.77. The fourth-order valence-corrected chi connectivity index (χ4v) is 2.45. The van der Waals surface area contributed by atoms with Crippen LogP contribution in [-0.2, 0) is 20.7 Å². The second-order valence-corrected chi connectivity index (χ2v) is 6.40. The van der Waals surface area contributed by atoms with Crippen LogP contribution in [-0.4, -0.2) is 39.1 Å². The lowest BCUT2D eigenvalue weighted by atomic mass is 9.75. The molecule has 0 aliphatic rings. The van der Waals surface area contributed by atoms with Gasteiger partial charge in [0.15, 0.2) is 0 Å². The number of rotatable bonds is 13. The van der Waals surface area contributed by atoms with Gasteiger partial charge < -0.3 is 25.2 Å². The number of benzene rings is 1. The van der Waals surface area contributed by atoms with Crippen molar-refractivity contribution < 1.29 is 19.0 Å². The van der Waals surface area contributed by atoms with E-state index in [4.69, 9.17) is 15.1 Å². The minimum atomic E-state index is -0.548. The summed E-state index contributed by atoms with van der Waals surface area (Å²) in [5.74, 6) is 0.224. The van der Waals surface area contributed by atoms with Crippen LogP contribution in [0.15, 0.2) is 36.9 Å². The molecule has 0 saturated carbocycles. The number of hydrogen-bond acceptors (Lipinski definition) is 5. The molecule has 1 amide bonds. The predicted molar refractivity (Wildman–Crippen MR) is 103 cm³/mol. The maximum atomic E-state index is 12.6. The average molecular weight is 359 g/mol. The van der Waals surface area contributed by atoms with Gasteiger partial charge >= 0.3 is 7.48 Å². The zero-order valence-electron chi connectivity index (χ0n) is 15.5. The first-order valence-corrected chi connectivity index (χ1v) is 8.73. The Bertz CT molecular complexity index is 563. The third kappa shape index (κ3) is 8.31. The van der Waals surface area contributed by atoms with Crippen molar-refractivity contribution in [3.63, 3.8) is 0 Å². The van der Waals surface area contributed by atoms with Crippen molar-refractivity contribution in [3.05, 3.63) is 42.5 Å². The molecule has 26 heavy (non-hydrogen) atoms. The molecule has 1 aromatic carbocycles. The Hall–Kier alpha value is -2.12. The van der Waals surface area contributed by atoms with Gasteiger partial charge in [0.25, 0.3) is 0 Å². The number of amides is 1. The van der Waals surface area contributed by atoms with Crippen molar-refractivity contribution in [1.82, 2.24) is 5.32 Å². The van der Waals surface area contributed by atoms with E-state index < -0.39 is 11.9 Å². The summed E-state index contributed by atoms with van der Waals surface area (Å²) in [5.41, 5.74) is 6.31. The van der Waals surface area contributed by atoms with E-state index in [1.807, 2.05) is 38.1 Å². The third-order valence-corrected chi connectivity index (χ3v) is 3.66. The molecule has 3 N–H and O–H groups in total. The molecule has 1 rings (SSSR count). The molecule has 0 heterocycles. The second-order valence-electron chi connectivity index (χ2n) is 6.40. The van der Waals surface area contributed by atoms with Crippen LogP contribution in [0.1, 0.15) is 25.8 Å². The molecule has 0 aliphatic heterocycles. The maximum Gasteiger partial charge on any atom is 0.307 e. The van der Waals surface area contributed by atoms with Crippen LogP contribution in [0.5, 0.6) is 5.75 Å². The Morgan fingerprint density at radius 1 is 1.35 bits per heavy atom. The minimum absolute atomic E-state index is 0.0127. The van der Waals surface area contributed by atoms with Crippen LogP contribution >= 0.6 is 0 Å². The van der Waals surface area contributed by atoms with Gasteiger partial charge in [-0.2, -0.15) is 0 Å². The molecule has 0 fully saturated rings.